The second kappa shape index (κ2) is 7.09. The first kappa shape index (κ1) is 15.9. The maximum Gasteiger partial charge on any atom is 0.234 e. The Labute approximate surface area is 146 Å². The summed E-state index contributed by atoms with van der Waals surface area (Å²) in [6.07, 6.45) is 7.69. The lowest BCUT2D eigenvalue weighted by molar-refractivity contribution is -0.118. The molecular weight excluding hydrogens is 318 g/mol. The number of carbonyl (C=O) groups excluding carboxylic acids is 1. The van der Waals surface area contributed by atoms with Gasteiger partial charge in [-0.15, -0.1) is 0 Å². The zero-order valence-electron chi connectivity index (χ0n) is 14.0. The zero-order chi connectivity index (χ0) is 17.1. The van der Waals surface area contributed by atoms with Gasteiger partial charge in [0.25, 0.3) is 0 Å². The summed E-state index contributed by atoms with van der Waals surface area (Å²) in [5, 5.41) is 2.86. The van der Waals surface area contributed by atoms with Crippen LogP contribution in [-0.2, 0) is 4.79 Å². The zero-order valence-corrected chi connectivity index (χ0v) is 14.0. The number of benzene rings is 1. The molecule has 1 saturated carbocycles. The molecule has 2 heterocycles. The van der Waals surface area contributed by atoms with E-state index < -0.39 is 0 Å². The SMILES string of the molecule is O=C(Nc1ncccn1)C(c1ccc2c(c1)OCCO2)C1CCCC1. The molecule has 1 aromatic heterocycles. The van der Waals surface area contributed by atoms with Crippen molar-refractivity contribution in [3.05, 3.63) is 42.2 Å². The number of rotatable bonds is 4. The lowest BCUT2D eigenvalue weighted by atomic mass is 9.84. The lowest BCUT2D eigenvalue weighted by Crippen LogP contribution is -2.27. The molecule has 1 aliphatic carbocycles. The van der Waals surface area contributed by atoms with Crippen molar-refractivity contribution in [1.29, 1.82) is 0 Å². The van der Waals surface area contributed by atoms with Crippen LogP contribution in [0, 0.1) is 5.92 Å². The maximum atomic E-state index is 13.0. The Bertz CT molecular complexity index is 745. The van der Waals surface area contributed by atoms with Crippen LogP contribution in [0.2, 0.25) is 0 Å². The molecule has 25 heavy (non-hydrogen) atoms. The van der Waals surface area contributed by atoms with Crippen molar-refractivity contribution in [1.82, 2.24) is 9.97 Å². The van der Waals surface area contributed by atoms with Crippen LogP contribution in [0.5, 0.6) is 11.5 Å². The second-order valence-corrected chi connectivity index (χ2v) is 6.49. The van der Waals surface area contributed by atoms with Gasteiger partial charge in [-0.05, 0) is 42.5 Å². The van der Waals surface area contributed by atoms with Crippen molar-refractivity contribution in [2.75, 3.05) is 18.5 Å². The third kappa shape index (κ3) is 3.43. The fourth-order valence-corrected chi connectivity index (χ4v) is 3.73. The molecule has 2 aliphatic rings. The summed E-state index contributed by atoms with van der Waals surface area (Å²) in [5.41, 5.74) is 0.963. The summed E-state index contributed by atoms with van der Waals surface area (Å²) in [7, 11) is 0. The summed E-state index contributed by atoms with van der Waals surface area (Å²) in [4.78, 5) is 21.2. The molecule has 1 N–H and O–H groups in total. The van der Waals surface area contributed by atoms with Crippen LogP contribution in [0.25, 0.3) is 0 Å². The third-order valence-electron chi connectivity index (χ3n) is 4.88. The maximum absolute atomic E-state index is 13.0. The van der Waals surface area contributed by atoms with Crippen LogP contribution >= 0.6 is 0 Å². The number of hydrogen-bond donors (Lipinski definition) is 1. The first-order valence-electron chi connectivity index (χ1n) is 8.79. The van der Waals surface area contributed by atoms with E-state index in [1.807, 2.05) is 18.2 Å². The van der Waals surface area contributed by atoms with E-state index in [9.17, 15) is 4.79 Å². The Morgan fingerprint density at radius 2 is 1.80 bits per heavy atom. The molecule has 6 nitrogen and oxygen atoms in total. The summed E-state index contributed by atoms with van der Waals surface area (Å²) in [5.74, 6) is 1.83. The average Bonchev–Trinajstić information content (AvgIpc) is 3.17. The van der Waals surface area contributed by atoms with Crippen molar-refractivity contribution < 1.29 is 14.3 Å². The van der Waals surface area contributed by atoms with E-state index in [1.165, 1.54) is 12.8 Å². The number of fused-ring (bicyclic) bond motifs is 1. The van der Waals surface area contributed by atoms with E-state index in [0.717, 1.165) is 29.9 Å². The number of ether oxygens (including phenoxy) is 2. The highest BCUT2D eigenvalue weighted by atomic mass is 16.6. The highest BCUT2D eigenvalue weighted by Crippen LogP contribution is 2.41. The number of nitrogens with one attached hydrogen (secondary N) is 1. The Balaban J connectivity index is 1.63. The fraction of sp³-hybridized carbons (Fsp3) is 0.421. The Morgan fingerprint density at radius 1 is 1.08 bits per heavy atom. The van der Waals surface area contributed by atoms with Gasteiger partial charge < -0.3 is 9.47 Å². The van der Waals surface area contributed by atoms with Crippen LogP contribution < -0.4 is 14.8 Å². The highest BCUT2D eigenvalue weighted by molar-refractivity contribution is 5.94. The summed E-state index contributed by atoms with van der Waals surface area (Å²) in [6, 6.07) is 7.55. The number of aromatic nitrogens is 2. The first-order valence-corrected chi connectivity index (χ1v) is 8.79. The first-order chi connectivity index (χ1) is 12.3. The Hall–Kier alpha value is -2.63. The van der Waals surface area contributed by atoms with E-state index in [2.05, 4.69) is 15.3 Å². The van der Waals surface area contributed by atoms with Gasteiger partial charge in [-0.3, -0.25) is 10.1 Å². The van der Waals surface area contributed by atoms with Crippen molar-refractivity contribution in [2.45, 2.75) is 31.6 Å². The molecule has 0 spiro atoms. The summed E-state index contributed by atoms with van der Waals surface area (Å²) >= 11 is 0. The summed E-state index contributed by atoms with van der Waals surface area (Å²) in [6.45, 7) is 1.10. The molecule has 2 aromatic rings. The number of nitrogens with zero attached hydrogens (tertiary/aromatic N) is 2. The third-order valence-corrected chi connectivity index (χ3v) is 4.88. The molecule has 0 radical (unpaired) electrons. The van der Waals surface area contributed by atoms with Crippen LogP contribution in [-0.4, -0.2) is 29.1 Å². The van der Waals surface area contributed by atoms with Gasteiger partial charge in [0.05, 0.1) is 5.92 Å². The normalized spacial score (nSPS) is 17.9. The van der Waals surface area contributed by atoms with Gasteiger partial charge in [0.2, 0.25) is 11.9 Å². The molecular formula is C19H21N3O3. The van der Waals surface area contributed by atoms with E-state index >= 15 is 0 Å². The second-order valence-electron chi connectivity index (χ2n) is 6.49. The van der Waals surface area contributed by atoms with Crippen molar-refractivity contribution >= 4 is 11.9 Å². The van der Waals surface area contributed by atoms with Gasteiger partial charge in [-0.2, -0.15) is 0 Å². The lowest BCUT2D eigenvalue weighted by Gasteiger charge is -2.25. The monoisotopic (exact) mass is 339 g/mol. The molecule has 1 amide bonds. The topological polar surface area (TPSA) is 73.3 Å². The van der Waals surface area contributed by atoms with Gasteiger partial charge in [0, 0.05) is 12.4 Å². The van der Waals surface area contributed by atoms with E-state index in [4.69, 9.17) is 9.47 Å². The average molecular weight is 339 g/mol. The van der Waals surface area contributed by atoms with Crippen LogP contribution in [0.4, 0.5) is 5.95 Å². The molecule has 1 aromatic carbocycles. The quantitative estimate of drug-likeness (QED) is 0.926. The molecule has 130 valence electrons. The van der Waals surface area contributed by atoms with Gasteiger partial charge in [-0.25, -0.2) is 9.97 Å². The molecule has 0 bridgehead atoms. The van der Waals surface area contributed by atoms with E-state index in [1.54, 1.807) is 18.5 Å². The smallest absolute Gasteiger partial charge is 0.234 e. The van der Waals surface area contributed by atoms with Gasteiger partial charge in [-0.1, -0.05) is 18.9 Å². The van der Waals surface area contributed by atoms with Gasteiger partial charge >= 0.3 is 0 Å². The number of anilines is 1. The van der Waals surface area contributed by atoms with E-state index in [0.29, 0.717) is 25.1 Å². The minimum Gasteiger partial charge on any atom is -0.486 e. The molecule has 0 saturated heterocycles. The number of amides is 1. The highest BCUT2D eigenvalue weighted by Gasteiger charge is 2.33. The minimum atomic E-state index is -0.234. The predicted molar refractivity (Wildman–Crippen MR) is 92.8 cm³/mol. The molecule has 6 heteroatoms. The van der Waals surface area contributed by atoms with Crippen molar-refractivity contribution in [2.24, 2.45) is 5.92 Å². The van der Waals surface area contributed by atoms with Crippen LogP contribution in [0.3, 0.4) is 0 Å². The summed E-state index contributed by atoms with van der Waals surface area (Å²) < 4.78 is 11.3. The minimum absolute atomic E-state index is 0.0604. The fourth-order valence-electron chi connectivity index (χ4n) is 3.73. The van der Waals surface area contributed by atoms with Crippen LogP contribution in [0.15, 0.2) is 36.7 Å². The Kier molecular flexibility index (Phi) is 4.50. The molecule has 4 rings (SSSR count). The Morgan fingerprint density at radius 3 is 2.56 bits per heavy atom. The molecule has 1 aliphatic heterocycles. The van der Waals surface area contributed by atoms with Gasteiger partial charge in [0.15, 0.2) is 11.5 Å². The largest absolute Gasteiger partial charge is 0.486 e. The molecule has 1 unspecified atom stereocenters. The van der Waals surface area contributed by atoms with Crippen molar-refractivity contribution in [3.8, 4) is 11.5 Å². The standard InChI is InChI=1S/C19H21N3O3/c23-18(22-19-20-8-3-9-21-19)17(13-4-1-2-5-13)14-6-7-15-16(12-14)25-11-10-24-15/h3,6-9,12-13,17H,1-2,4-5,10-11H2,(H,20,21,22,23). The predicted octanol–water partition coefficient (Wildman–Crippen LogP) is 3.16. The van der Waals surface area contributed by atoms with Crippen LogP contribution in [0.1, 0.15) is 37.2 Å². The van der Waals surface area contributed by atoms with Crippen molar-refractivity contribution in [3.63, 3.8) is 0 Å². The molecule has 1 fully saturated rings. The molecule has 1 atom stereocenters. The number of carbonyl (C=O) groups is 1. The van der Waals surface area contributed by atoms with E-state index in [-0.39, 0.29) is 11.8 Å². The van der Waals surface area contributed by atoms with Gasteiger partial charge in [0.1, 0.15) is 13.2 Å². The number of hydrogen-bond acceptors (Lipinski definition) is 5.